The average molecular weight is 183 g/mol. The number of ether oxygens (including phenoxy) is 1. The van der Waals surface area contributed by atoms with Gasteiger partial charge in [-0.25, -0.2) is 0 Å². The summed E-state index contributed by atoms with van der Waals surface area (Å²) in [5.74, 6) is 0. The Balaban J connectivity index is 1.70. The second kappa shape index (κ2) is 3.56. The molecule has 0 amide bonds. The smallest absolute Gasteiger partial charge is 0.0728 e. The highest BCUT2D eigenvalue weighted by atomic mass is 32.1. The predicted molar refractivity (Wildman–Crippen MR) is 50.1 cm³/mol. The summed E-state index contributed by atoms with van der Waals surface area (Å²) >= 11 is 1.71. The van der Waals surface area contributed by atoms with Crippen LogP contribution in [0.3, 0.4) is 0 Å². The molecule has 0 unspecified atom stereocenters. The zero-order chi connectivity index (χ0) is 8.39. The van der Waals surface area contributed by atoms with E-state index >= 15 is 0 Å². The van der Waals surface area contributed by atoms with Crippen LogP contribution >= 0.6 is 11.3 Å². The molecule has 1 aliphatic carbocycles. The van der Waals surface area contributed by atoms with Crippen molar-refractivity contribution < 1.29 is 4.74 Å². The van der Waals surface area contributed by atoms with Crippen LogP contribution in [0.2, 0.25) is 0 Å². The number of hydrogen-bond donors (Lipinski definition) is 1. The van der Waals surface area contributed by atoms with Crippen molar-refractivity contribution in [3.63, 3.8) is 0 Å². The van der Waals surface area contributed by atoms with Gasteiger partial charge < -0.3 is 10.5 Å². The van der Waals surface area contributed by atoms with Crippen LogP contribution in [-0.4, -0.2) is 12.1 Å². The third-order valence-electron chi connectivity index (χ3n) is 2.20. The monoisotopic (exact) mass is 183 g/mol. The van der Waals surface area contributed by atoms with Crippen molar-refractivity contribution in [3.05, 3.63) is 22.4 Å². The number of hydrogen-bond acceptors (Lipinski definition) is 3. The molecule has 12 heavy (non-hydrogen) atoms. The first-order valence-electron chi connectivity index (χ1n) is 4.23. The summed E-state index contributed by atoms with van der Waals surface area (Å²) in [7, 11) is 0. The van der Waals surface area contributed by atoms with Crippen molar-refractivity contribution in [1.29, 1.82) is 0 Å². The van der Waals surface area contributed by atoms with E-state index in [4.69, 9.17) is 10.5 Å². The van der Waals surface area contributed by atoms with Gasteiger partial charge in [0.05, 0.1) is 12.7 Å². The van der Waals surface area contributed by atoms with Gasteiger partial charge in [-0.2, -0.15) is 11.3 Å². The lowest BCUT2D eigenvalue weighted by molar-refractivity contribution is -0.0187. The topological polar surface area (TPSA) is 35.2 Å². The van der Waals surface area contributed by atoms with Gasteiger partial charge >= 0.3 is 0 Å². The molecule has 1 fully saturated rings. The first-order chi connectivity index (χ1) is 5.84. The van der Waals surface area contributed by atoms with Gasteiger partial charge in [0, 0.05) is 6.04 Å². The van der Waals surface area contributed by atoms with Crippen LogP contribution in [0.25, 0.3) is 0 Å². The highest BCUT2D eigenvalue weighted by Gasteiger charge is 2.26. The second-order valence-electron chi connectivity index (χ2n) is 3.30. The lowest BCUT2D eigenvalue weighted by Gasteiger charge is -2.32. The fourth-order valence-electron chi connectivity index (χ4n) is 1.33. The summed E-state index contributed by atoms with van der Waals surface area (Å²) in [4.78, 5) is 0. The minimum Gasteiger partial charge on any atom is -0.373 e. The van der Waals surface area contributed by atoms with Crippen molar-refractivity contribution in [2.75, 3.05) is 0 Å². The van der Waals surface area contributed by atoms with Gasteiger partial charge in [0.25, 0.3) is 0 Å². The highest BCUT2D eigenvalue weighted by Crippen LogP contribution is 2.22. The Kier molecular flexibility index (Phi) is 2.44. The first-order valence-corrected chi connectivity index (χ1v) is 5.17. The average Bonchev–Trinajstić information content (AvgIpc) is 2.47. The van der Waals surface area contributed by atoms with Gasteiger partial charge in [0.2, 0.25) is 0 Å². The van der Waals surface area contributed by atoms with Gasteiger partial charge in [-0.05, 0) is 35.2 Å². The van der Waals surface area contributed by atoms with Gasteiger partial charge in [-0.1, -0.05) is 0 Å². The Labute approximate surface area is 76.3 Å². The van der Waals surface area contributed by atoms with Gasteiger partial charge in [-0.3, -0.25) is 0 Å². The summed E-state index contributed by atoms with van der Waals surface area (Å²) in [5, 5.41) is 4.20. The Morgan fingerprint density at radius 1 is 1.58 bits per heavy atom. The van der Waals surface area contributed by atoms with Crippen LogP contribution in [0.5, 0.6) is 0 Å². The summed E-state index contributed by atoms with van der Waals surface area (Å²) in [6, 6.07) is 2.49. The summed E-state index contributed by atoms with van der Waals surface area (Å²) < 4.78 is 5.62. The molecule has 1 aromatic heterocycles. The number of rotatable bonds is 3. The molecule has 0 saturated heterocycles. The second-order valence-corrected chi connectivity index (χ2v) is 4.08. The zero-order valence-electron chi connectivity index (χ0n) is 6.90. The molecule has 1 heterocycles. The maximum atomic E-state index is 5.64. The van der Waals surface area contributed by atoms with E-state index in [9.17, 15) is 0 Å². The largest absolute Gasteiger partial charge is 0.373 e. The van der Waals surface area contributed by atoms with Crippen molar-refractivity contribution in [3.8, 4) is 0 Å². The van der Waals surface area contributed by atoms with Crippen LogP contribution in [0.1, 0.15) is 18.4 Å². The first kappa shape index (κ1) is 8.23. The Hall–Kier alpha value is -0.380. The third kappa shape index (κ3) is 1.86. The Bertz CT molecular complexity index is 229. The van der Waals surface area contributed by atoms with Crippen molar-refractivity contribution >= 4 is 11.3 Å². The molecule has 0 spiro atoms. The SMILES string of the molecule is NC1CC(OCc2ccsc2)C1. The molecular formula is C9H13NOS. The lowest BCUT2D eigenvalue weighted by atomic mass is 9.90. The van der Waals surface area contributed by atoms with Crippen LogP contribution in [0.4, 0.5) is 0 Å². The van der Waals surface area contributed by atoms with Crippen LogP contribution in [0, 0.1) is 0 Å². The summed E-state index contributed by atoms with van der Waals surface area (Å²) in [6.45, 7) is 0.751. The Morgan fingerprint density at radius 3 is 3.00 bits per heavy atom. The van der Waals surface area contributed by atoms with Crippen LogP contribution in [0.15, 0.2) is 16.8 Å². The molecule has 2 nitrogen and oxygen atoms in total. The molecule has 0 aliphatic heterocycles. The maximum absolute atomic E-state index is 5.64. The summed E-state index contributed by atoms with van der Waals surface area (Å²) in [6.07, 6.45) is 2.48. The van der Waals surface area contributed by atoms with Crippen molar-refractivity contribution in [2.45, 2.75) is 31.6 Å². The standard InChI is InChI=1S/C9H13NOS/c10-8-3-9(4-8)11-5-7-1-2-12-6-7/h1-2,6,8-9H,3-5,10H2. The highest BCUT2D eigenvalue weighted by molar-refractivity contribution is 7.07. The van der Waals surface area contributed by atoms with Crippen molar-refractivity contribution in [2.24, 2.45) is 5.73 Å². The molecule has 0 radical (unpaired) electrons. The minimum atomic E-state index is 0.387. The molecule has 0 atom stereocenters. The molecule has 0 aromatic carbocycles. The van der Waals surface area contributed by atoms with E-state index in [1.165, 1.54) is 5.56 Å². The van der Waals surface area contributed by atoms with E-state index in [1.54, 1.807) is 11.3 Å². The molecule has 2 rings (SSSR count). The van der Waals surface area contributed by atoms with Crippen LogP contribution in [-0.2, 0) is 11.3 Å². The minimum absolute atomic E-state index is 0.387. The summed E-state index contributed by atoms with van der Waals surface area (Å²) in [5.41, 5.74) is 6.92. The van der Waals surface area contributed by atoms with E-state index in [2.05, 4.69) is 16.8 Å². The molecule has 2 N–H and O–H groups in total. The number of nitrogens with two attached hydrogens (primary N) is 1. The molecule has 1 saturated carbocycles. The number of thiophene rings is 1. The molecule has 1 aromatic rings. The molecule has 3 heteroatoms. The quantitative estimate of drug-likeness (QED) is 0.775. The van der Waals surface area contributed by atoms with Gasteiger partial charge in [0.15, 0.2) is 0 Å². The van der Waals surface area contributed by atoms with E-state index in [-0.39, 0.29) is 0 Å². The maximum Gasteiger partial charge on any atom is 0.0728 e. The van der Waals surface area contributed by atoms with Crippen molar-refractivity contribution in [1.82, 2.24) is 0 Å². The van der Waals surface area contributed by atoms with E-state index < -0.39 is 0 Å². The Morgan fingerprint density at radius 2 is 2.42 bits per heavy atom. The lowest BCUT2D eigenvalue weighted by Crippen LogP contribution is -2.41. The predicted octanol–water partition coefficient (Wildman–Crippen LogP) is 1.75. The van der Waals surface area contributed by atoms with E-state index in [0.717, 1.165) is 19.4 Å². The zero-order valence-corrected chi connectivity index (χ0v) is 7.72. The van der Waals surface area contributed by atoms with Gasteiger partial charge in [0.1, 0.15) is 0 Å². The van der Waals surface area contributed by atoms with E-state index in [0.29, 0.717) is 12.1 Å². The molecular weight excluding hydrogens is 170 g/mol. The molecule has 66 valence electrons. The third-order valence-corrected chi connectivity index (χ3v) is 2.93. The molecule has 0 bridgehead atoms. The van der Waals surface area contributed by atoms with Crippen LogP contribution < -0.4 is 5.73 Å². The fraction of sp³-hybridized carbons (Fsp3) is 0.556. The fourth-order valence-corrected chi connectivity index (χ4v) is 1.98. The van der Waals surface area contributed by atoms with E-state index in [1.807, 2.05) is 0 Å². The molecule has 1 aliphatic rings. The normalized spacial score (nSPS) is 28.4. The van der Waals surface area contributed by atoms with Gasteiger partial charge in [-0.15, -0.1) is 0 Å².